The van der Waals surface area contributed by atoms with Gasteiger partial charge in [-0.3, -0.25) is 4.79 Å². The lowest BCUT2D eigenvalue weighted by molar-refractivity contribution is 0.254. The molecule has 2 rings (SSSR count). The first-order valence-corrected chi connectivity index (χ1v) is 5.20. The van der Waals surface area contributed by atoms with Gasteiger partial charge in [-0.2, -0.15) is 0 Å². The second-order valence-corrected chi connectivity index (χ2v) is 4.16. The van der Waals surface area contributed by atoms with Crippen LogP contribution in [0.4, 0.5) is 10.2 Å². The summed E-state index contributed by atoms with van der Waals surface area (Å²) in [6.45, 7) is 0.591. The minimum absolute atomic E-state index is 0.271. The lowest BCUT2D eigenvalue weighted by atomic mass is 9.90. The number of piperidine rings is 1. The van der Waals surface area contributed by atoms with Gasteiger partial charge in [0.05, 0.1) is 12.4 Å². The Labute approximate surface area is 92.5 Å². The number of aromatic nitrogens is 2. The van der Waals surface area contributed by atoms with Crippen molar-refractivity contribution in [3.8, 4) is 0 Å². The molecule has 1 aromatic heterocycles. The van der Waals surface area contributed by atoms with Crippen LogP contribution in [0, 0.1) is 6.20 Å². The van der Waals surface area contributed by atoms with E-state index >= 15 is 0 Å². The van der Waals surface area contributed by atoms with Gasteiger partial charge in [-0.25, -0.2) is 9.37 Å². The zero-order chi connectivity index (χ0) is 11.6. The molecule has 3 N–H and O–H groups in total. The van der Waals surface area contributed by atoms with E-state index in [-0.39, 0.29) is 5.56 Å². The van der Waals surface area contributed by atoms with E-state index in [4.69, 9.17) is 5.73 Å². The van der Waals surface area contributed by atoms with Gasteiger partial charge in [-0.05, 0) is 12.8 Å². The number of rotatable bonds is 2. The van der Waals surface area contributed by atoms with E-state index in [9.17, 15) is 9.18 Å². The number of aromatic amines is 1. The number of nitrogens with zero attached hydrogens (tertiary/aromatic N) is 2. The van der Waals surface area contributed by atoms with Crippen LogP contribution in [-0.4, -0.2) is 35.3 Å². The summed E-state index contributed by atoms with van der Waals surface area (Å²) in [5.74, 6) is 0.361. The fraction of sp³-hybridized carbons (Fsp3) is 0.600. The van der Waals surface area contributed by atoms with Crippen LogP contribution in [0.2, 0.25) is 0 Å². The van der Waals surface area contributed by atoms with Crippen LogP contribution in [0.25, 0.3) is 0 Å². The molecule has 1 fully saturated rings. The van der Waals surface area contributed by atoms with Gasteiger partial charge < -0.3 is 15.6 Å². The molecule has 6 heteroatoms. The molecule has 0 spiro atoms. The van der Waals surface area contributed by atoms with Gasteiger partial charge in [0.25, 0.3) is 5.56 Å². The van der Waals surface area contributed by atoms with Crippen LogP contribution in [0.5, 0.6) is 0 Å². The summed E-state index contributed by atoms with van der Waals surface area (Å²) in [6.07, 6.45) is 4.98. The van der Waals surface area contributed by atoms with Crippen molar-refractivity contribution in [3.05, 3.63) is 22.7 Å². The van der Waals surface area contributed by atoms with Crippen molar-refractivity contribution in [1.82, 2.24) is 9.97 Å². The van der Waals surface area contributed by atoms with E-state index in [0.717, 1.165) is 0 Å². The summed E-state index contributed by atoms with van der Waals surface area (Å²) >= 11 is 0. The van der Waals surface area contributed by atoms with Crippen molar-refractivity contribution in [2.24, 2.45) is 5.73 Å². The van der Waals surface area contributed by atoms with Gasteiger partial charge in [0.2, 0.25) is 0 Å². The van der Waals surface area contributed by atoms with E-state index < -0.39 is 12.2 Å². The predicted octanol–water partition coefficient (Wildman–Crippen LogP) is -0.163. The number of alkyl halides is 1. The first-order valence-electron chi connectivity index (χ1n) is 5.20. The minimum Gasteiger partial charge on any atom is -0.352 e. The standard InChI is InChI=1S/C10H14FN4O/c11-7-10(12)1-5-15(6-2-10)8-9(16)14-4-3-13-8/h3H,1-2,5-7,12H2,(H,14,16). The summed E-state index contributed by atoms with van der Waals surface area (Å²) in [7, 11) is 0. The quantitative estimate of drug-likeness (QED) is 0.733. The molecule has 0 saturated carbocycles. The molecule has 0 aromatic carbocycles. The number of H-pyrrole nitrogens is 1. The normalized spacial score (nSPS) is 19.8. The Kier molecular flexibility index (Phi) is 2.91. The summed E-state index contributed by atoms with van der Waals surface area (Å²) in [5.41, 5.74) is 4.82. The van der Waals surface area contributed by atoms with E-state index in [1.54, 1.807) is 0 Å². The predicted molar refractivity (Wildman–Crippen MR) is 58.0 cm³/mol. The van der Waals surface area contributed by atoms with E-state index in [0.29, 0.717) is 31.7 Å². The Balaban J connectivity index is 2.11. The zero-order valence-electron chi connectivity index (χ0n) is 8.87. The highest BCUT2D eigenvalue weighted by molar-refractivity contribution is 5.36. The Morgan fingerprint density at radius 1 is 1.62 bits per heavy atom. The molecule has 0 unspecified atom stereocenters. The van der Waals surface area contributed by atoms with Crippen LogP contribution in [0.3, 0.4) is 0 Å². The molecule has 0 bridgehead atoms. The average Bonchev–Trinajstić information content (AvgIpc) is 2.31. The van der Waals surface area contributed by atoms with Crippen LogP contribution < -0.4 is 16.2 Å². The molecule has 0 atom stereocenters. The summed E-state index contributed by atoms with van der Waals surface area (Å²) in [6, 6.07) is 0. The molecule has 16 heavy (non-hydrogen) atoms. The highest BCUT2D eigenvalue weighted by Gasteiger charge is 2.31. The van der Waals surface area contributed by atoms with Gasteiger partial charge >= 0.3 is 0 Å². The monoisotopic (exact) mass is 225 g/mol. The molecule has 1 radical (unpaired) electrons. The number of hydrogen-bond donors (Lipinski definition) is 2. The average molecular weight is 225 g/mol. The van der Waals surface area contributed by atoms with Crippen molar-refractivity contribution < 1.29 is 4.39 Å². The van der Waals surface area contributed by atoms with E-state index in [1.165, 1.54) is 6.20 Å². The van der Waals surface area contributed by atoms with Crippen LogP contribution in [0.1, 0.15) is 12.8 Å². The fourth-order valence-corrected chi connectivity index (χ4v) is 1.83. The lowest BCUT2D eigenvalue weighted by Gasteiger charge is -2.37. The molecule has 1 aromatic rings. The molecule has 5 nitrogen and oxygen atoms in total. The molecule has 1 aliphatic rings. The summed E-state index contributed by atoms with van der Waals surface area (Å²) < 4.78 is 12.6. The lowest BCUT2D eigenvalue weighted by Crippen LogP contribution is -2.52. The van der Waals surface area contributed by atoms with Crippen LogP contribution in [0.15, 0.2) is 11.0 Å². The Hall–Kier alpha value is -1.43. The second kappa shape index (κ2) is 4.21. The van der Waals surface area contributed by atoms with Crippen molar-refractivity contribution in [2.45, 2.75) is 18.4 Å². The first kappa shape index (κ1) is 11.1. The van der Waals surface area contributed by atoms with E-state index in [1.807, 2.05) is 4.90 Å². The SMILES string of the molecule is NC1(CF)CCN(c2nc[c][nH]c2=O)CC1. The highest BCUT2D eigenvalue weighted by Crippen LogP contribution is 2.21. The maximum absolute atomic E-state index is 12.6. The Bertz CT molecular complexity index is 411. The fourth-order valence-electron chi connectivity index (χ4n) is 1.83. The van der Waals surface area contributed by atoms with Gasteiger partial charge in [0.15, 0.2) is 5.82 Å². The van der Waals surface area contributed by atoms with Crippen molar-refractivity contribution >= 4 is 5.82 Å². The Morgan fingerprint density at radius 2 is 2.31 bits per heavy atom. The number of halogens is 1. The molecular formula is C10H14FN4O. The summed E-state index contributed by atoms with van der Waals surface area (Å²) in [4.78, 5) is 19.7. The van der Waals surface area contributed by atoms with Gasteiger partial charge in [-0.1, -0.05) is 0 Å². The second-order valence-electron chi connectivity index (χ2n) is 4.16. The minimum atomic E-state index is -0.732. The highest BCUT2D eigenvalue weighted by atomic mass is 19.1. The van der Waals surface area contributed by atoms with E-state index in [2.05, 4.69) is 16.2 Å². The maximum Gasteiger partial charge on any atom is 0.291 e. The number of nitrogens with one attached hydrogen (secondary N) is 1. The largest absolute Gasteiger partial charge is 0.352 e. The van der Waals surface area contributed by atoms with Crippen LogP contribution >= 0.6 is 0 Å². The number of nitrogens with two attached hydrogens (primary N) is 1. The molecule has 1 aliphatic heterocycles. The summed E-state index contributed by atoms with van der Waals surface area (Å²) in [5, 5.41) is 0. The molecule has 2 heterocycles. The molecule has 1 saturated heterocycles. The zero-order valence-corrected chi connectivity index (χ0v) is 8.87. The molecule has 87 valence electrons. The number of hydrogen-bond acceptors (Lipinski definition) is 4. The van der Waals surface area contributed by atoms with Crippen molar-refractivity contribution in [1.29, 1.82) is 0 Å². The topological polar surface area (TPSA) is 75.0 Å². The molecule has 0 amide bonds. The molecule has 0 aliphatic carbocycles. The molecular weight excluding hydrogens is 211 g/mol. The smallest absolute Gasteiger partial charge is 0.291 e. The van der Waals surface area contributed by atoms with Gasteiger partial charge in [0, 0.05) is 18.6 Å². The van der Waals surface area contributed by atoms with Crippen molar-refractivity contribution in [3.63, 3.8) is 0 Å². The van der Waals surface area contributed by atoms with Gasteiger partial charge in [0.1, 0.15) is 6.67 Å². The Morgan fingerprint density at radius 3 is 2.88 bits per heavy atom. The van der Waals surface area contributed by atoms with Crippen molar-refractivity contribution in [2.75, 3.05) is 24.7 Å². The third kappa shape index (κ3) is 2.06. The van der Waals surface area contributed by atoms with Crippen LogP contribution in [-0.2, 0) is 0 Å². The third-order valence-electron chi connectivity index (χ3n) is 2.97. The number of anilines is 1. The maximum atomic E-state index is 12.6. The third-order valence-corrected chi connectivity index (χ3v) is 2.97. The van der Waals surface area contributed by atoms with Gasteiger partial charge in [-0.15, -0.1) is 0 Å². The first-order chi connectivity index (χ1) is 7.64.